The Labute approximate surface area is 186 Å². The standard InChI is InChI=1S/C27H35NO3/c1-3-30-25(29)26(17-11-6-12-18-26)27(21-31-27)22(2)28(19-23-13-7-4-8-14-23)20-24-15-9-5-10-16-24/h4-5,7-10,13-16,22H,3,6,11-12,17-21H2,1-2H3/t22-,27-/m0/s1. The fourth-order valence-corrected chi connectivity index (χ4v) is 5.48. The number of nitrogens with zero attached hydrogens (tertiary/aromatic N) is 1. The van der Waals surface area contributed by atoms with Crippen molar-refractivity contribution in [1.29, 1.82) is 0 Å². The Hall–Kier alpha value is -2.17. The molecule has 1 saturated carbocycles. The SMILES string of the molecule is CCOC(=O)C1([C@@]2([C@H](C)N(Cc3ccccc3)Cc3ccccc3)CO2)CCCCC1. The average molecular weight is 422 g/mol. The maximum absolute atomic E-state index is 13.3. The van der Waals surface area contributed by atoms with Crippen molar-refractivity contribution in [2.45, 2.75) is 70.7 Å². The van der Waals surface area contributed by atoms with Crippen LogP contribution < -0.4 is 0 Å². The molecule has 2 atom stereocenters. The lowest BCUT2D eigenvalue weighted by molar-refractivity contribution is -0.166. The summed E-state index contributed by atoms with van der Waals surface area (Å²) in [5.41, 5.74) is 1.54. The van der Waals surface area contributed by atoms with E-state index in [1.165, 1.54) is 17.5 Å². The van der Waals surface area contributed by atoms with Crippen molar-refractivity contribution >= 4 is 5.97 Å². The number of carbonyl (C=O) groups is 1. The first-order valence-electron chi connectivity index (χ1n) is 11.7. The quantitative estimate of drug-likeness (QED) is 0.404. The Morgan fingerprint density at radius 2 is 1.48 bits per heavy atom. The second-order valence-corrected chi connectivity index (χ2v) is 9.09. The Balaban J connectivity index is 1.65. The maximum Gasteiger partial charge on any atom is 0.315 e. The van der Waals surface area contributed by atoms with Crippen LogP contribution >= 0.6 is 0 Å². The average Bonchev–Trinajstić information content (AvgIpc) is 3.63. The van der Waals surface area contributed by atoms with Gasteiger partial charge in [0.1, 0.15) is 11.0 Å². The van der Waals surface area contributed by atoms with Crippen LogP contribution in [0.1, 0.15) is 57.1 Å². The van der Waals surface area contributed by atoms with Crippen LogP contribution in [-0.4, -0.2) is 35.7 Å². The van der Waals surface area contributed by atoms with E-state index in [0.717, 1.165) is 38.8 Å². The molecule has 0 amide bonds. The number of ether oxygens (including phenoxy) is 2. The second kappa shape index (κ2) is 9.54. The van der Waals surface area contributed by atoms with E-state index >= 15 is 0 Å². The summed E-state index contributed by atoms with van der Waals surface area (Å²) in [7, 11) is 0. The minimum absolute atomic E-state index is 0.0570. The molecule has 166 valence electrons. The summed E-state index contributed by atoms with van der Waals surface area (Å²) >= 11 is 0. The van der Waals surface area contributed by atoms with Crippen LogP contribution in [0.5, 0.6) is 0 Å². The van der Waals surface area contributed by atoms with Gasteiger partial charge in [-0.05, 0) is 37.8 Å². The molecular formula is C27H35NO3. The van der Waals surface area contributed by atoms with Crippen molar-refractivity contribution in [2.24, 2.45) is 5.41 Å². The molecule has 4 rings (SSSR count). The molecule has 31 heavy (non-hydrogen) atoms. The fraction of sp³-hybridized carbons (Fsp3) is 0.519. The largest absolute Gasteiger partial charge is 0.465 e. The molecule has 1 aliphatic carbocycles. The van der Waals surface area contributed by atoms with Crippen LogP contribution in [0.15, 0.2) is 60.7 Å². The number of benzene rings is 2. The van der Waals surface area contributed by atoms with Gasteiger partial charge in [-0.2, -0.15) is 0 Å². The molecule has 4 heteroatoms. The Bertz CT molecular complexity index is 800. The number of hydrogen-bond acceptors (Lipinski definition) is 4. The third kappa shape index (κ3) is 4.42. The number of carbonyl (C=O) groups excluding carboxylic acids is 1. The van der Waals surface area contributed by atoms with Crippen LogP contribution in [0.4, 0.5) is 0 Å². The lowest BCUT2D eigenvalue weighted by atomic mass is 9.63. The molecule has 2 fully saturated rings. The van der Waals surface area contributed by atoms with Gasteiger partial charge in [-0.1, -0.05) is 79.9 Å². The zero-order chi connectivity index (χ0) is 21.7. The molecule has 0 spiro atoms. The highest BCUT2D eigenvalue weighted by Gasteiger charge is 2.69. The number of esters is 1. The molecule has 0 unspecified atom stereocenters. The third-order valence-electron chi connectivity index (χ3n) is 7.32. The highest BCUT2D eigenvalue weighted by Crippen LogP contribution is 2.57. The molecule has 2 aromatic carbocycles. The summed E-state index contributed by atoms with van der Waals surface area (Å²) in [5.74, 6) is -0.0570. The van der Waals surface area contributed by atoms with Gasteiger partial charge in [0.05, 0.1) is 13.2 Å². The normalized spacial score (nSPS) is 23.3. The zero-order valence-electron chi connectivity index (χ0n) is 18.9. The molecule has 0 aromatic heterocycles. The first kappa shape index (κ1) is 22.0. The minimum atomic E-state index is -0.535. The van der Waals surface area contributed by atoms with Gasteiger partial charge in [0, 0.05) is 19.1 Å². The fourth-order valence-electron chi connectivity index (χ4n) is 5.48. The van der Waals surface area contributed by atoms with E-state index in [9.17, 15) is 4.79 Å². The molecule has 4 nitrogen and oxygen atoms in total. The van der Waals surface area contributed by atoms with Gasteiger partial charge in [0.25, 0.3) is 0 Å². The Morgan fingerprint density at radius 1 is 0.968 bits per heavy atom. The van der Waals surface area contributed by atoms with E-state index in [-0.39, 0.29) is 12.0 Å². The smallest absolute Gasteiger partial charge is 0.315 e. The first-order chi connectivity index (χ1) is 15.1. The second-order valence-electron chi connectivity index (χ2n) is 9.09. The van der Waals surface area contributed by atoms with Crippen molar-refractivity contribution in [3.63, 3.8) is 0 Å². The predicted molar refractivity (Wildman–Crippen MR) is 122 cm³/mol. The number of rotatable bonds is 9. The molecule has 0 N–H and O–H groups in total. The first-order valence-corrected chi connectivity index (χ1v) is 11.7. The monoisotopic (exact) mass is 421 g/mol. The summed E-state index contributed by atoms with van der Waals surface area (Å²) in [4.78, 5) is 15.8. The lowest BCUT2D eigenvalue weighted by Gasteiger charge is -2.45. The molecular weight excluding hydrogens is 386 g/mol. The van der Waals surface area contributed by atoms with Crippen molar-refractivity contribution in [3.8, 4) is 0 Å². The van der Waals surface area contributed by atoms with E-state index in [4.69, 9.17) is 9.47 Å². The highest BCUT2D eigenvalue weighted by atomic mass is 16.6. The van der Waals surface area contributed by atoms with Crippen molar-refractivity contribution in [3.05, 3.63) is 71.8 Å². The number of hydrogen-bond donors (Lipinski definition) is 0. The van der Waals surface area contributed by atoms with Crippen LogP contribution in [0.2, 0.25) is 0 Å². The molecule has 0 radical (unpaired) electrons. The topological polar surface area (TPSA) is 42.1 Å². The Kier molecular flexibility index (Phi) is 6.78. The van der Waals surface area contributed by atoms with E-state index in [2.05, 4.69) is 72.5 Å². The van der Waals surface area contributed by atoms with Gasteiger partial charge in [-0.3, -0.25) is 9.69 Å². The van der Waals surface area contributed by atoms with Crippen LogP contribution in [0.3, 0.4) is 0 Å². The van der Waals surface area contributed by atoms with E-state index in [1.54, 1.807) is 0 Å². The summed E-state index contributed by atoms with van der Waals surface area (Å²) in [6, 6.07) is 21.2. The van der Waals surface area contributed by atoms with Gasteiger partial charge >= 0.3 is 5.97 Å². The number of epoxide rings is 1. The van der Waals surface area contributed by atoms with Crippen molar-refractivity contribution < 1.29 is 14.3 Å². The molecule has 2 aromatic rings. The van der Waals surface area contributed by atoms with Crippen LogP contribution in [-0.2, 0) is 27.4 Å². The molecule has 0 bridgehead atoms. The summed E-state index contributed by atoms with van der Waals surface area (Å²) in [5, 5.41) is 0. The molecule has 1 heterocycles. The summed E-state index contributed by atoms with van der Waals surface area (Å²) in [6.07, 6.45) is 5.03. The van der Waals surface area contributed by atoms with Crippen molar-refractivity contribution in [1.82, 2.24) is 4.90 Å². The Morgan fingerprint density at radius 3 is 1.94 bits per heavy atom. The highest BCUT2D eigenvalue weighted by molar-refractivity contribution is 5.79. The third-order valence-corrected chi connectivity index (χ3v) is 7.32. The summed E-state index contributed by atoms with van der Waals surface area (Å²) in [6.45, 7) is 6.83. The van der Waals surface area contributed by atoms with E-state index in [1.807, 2.05) is 6.92 Å². The minimum Gasteiger partial charge on any atom is -0.465 e. The van der Waals surface area contributed by atoms with Crippen LogP contribution in [0.25, 0.3) is 0 Å². The van der Waals surface area contributed by atoms with E-state index < -0.39 is 11.0 Å². The molecule has 1 aliphatic heterocycles. The van der Waals surface area contributed by atoms with Crippen molar-refractivity contribution in [2.75, 3.05) is 13.2 Å². The summed E-state index contributed by atoms with van der Waals surface area (Å²) < 4.78 is 11.9. The van der Waals surface area contributed by atoms with E-state index in [0.29, 0.717) is 13.2 Å². The van der Waals surface area contributed by atoms with Gasteiger partial charge in [0.15, 0.2) is 0 Å². The lowest BCUT2D eigenvalue weighted by Crippen LogP contribution is -2.57. The van der Waals surface area contributed by atoms with Gasteiger partial charge in [-0.25, -0.2) is 0 Å². The van der Waals surface area contributed by atoms with Gasteiger partial charge in [-0.15, -0.1) is 0 Å². The molecule has 2 aliphatic rings. The van der Waals surface area contributed by atoms with Gasteiger partial charge in [0.2, 0.25) is 0 Å². The maximum atomic E-state index is 13.3. The van der Waals surface area contributed by atoms with Gasteiger partial charge < -0.3 is 9.47 Å². The zero-order valence-corrected chi connectivity index (χ0v) is 18.9. The predicted octanol–water partition coefficient (Wildman–Crippen LogP) is 5.36. The van der Waals surface area contributed by atoms with Crippen LogP contribution in [0, 0.1) is 5.41 Å². The molecule has 1 saturated heterocycles.